The summed E-state index contributed by atoms with van der Waals surface area (Å²) in [5, 5.41) is 4.89. The van der Waals surface area contributed by atoms with Crippen molar-refractivity contribution in [3.63, 3.8) is 0 Å². The van der Waals surface area contributed by atoms with Crippen molar-refractivity contribution in [2.45, 2.75) is 20.4 Å². The van der Waals surface area contributed by atoms with Crippen LogP contribution in [0.5, 0.6) is 0 Å². The molecule has 0 saturated carbocycles. The number of rotatable bonds is 6. The monoisotopic (exact) mass is 398 g/mol. The van der Waals surface area contributed by atoms with Crippen molar-refractivity contribution in [2.75, 3.05) is 32.7 Å². The molecule has 0 aromatic heterocycles. The maximum Gasteiger partial charge on any atom is 0.254 e. The van der Waals surface area contributed by atoms with E-state index in [9.17, 15) is 4.79 Å². The SMILES string of the molecule is C/C(=N/NC(=O)CN1CCN(Cc2ccc(C)cc2)CC1)c1ccc(Cl)cc1. The fourth-order valence-corrected chi connectivity index (χ4v) is 3.32. The molecule has 1 heterocycles. The smallest absolute Gasteiger partial charge is 0.254 e. The molecule has 0 aliphatic carbocycles. The molecule has 6 heteroatoms. The zero-order chi connectivity index (χ0) is 19.9. The second-order valence-corrected chi connectivity index (χ2v) is 7.71. The van der Waals surface area contributed by atoms with Crippen LogP contribution in [-0.4, -0.2) is 54.1 Å². The summed E-state index contributed by atoms with van der Waals surface area (Å²) in [4.78, 5) is 16.8. The third-order valence-electron chi connectivity index (χ3n) is 4.97. The minimum absolute atomic E-state index is 0.0831. The molecule has 0 bridgehead atoms. The molecule has 1 aliphatic heterocycles. The van der Waals surface area contributed by atoms with Crippen LogP contribution in [0.2, 0.25) is 5.02 Å². The average molecular weight is 399 g/mol. The van der Waals surface area contributed by atoms with E-state index in [0.29, 0.717) is 11.6 Å². The molecule has 0 unspecified atom stereocenters. The third kappa shape index (κ3) is 6.16. The lowest BCUT2D eigenvalue weighted by molar-refractivity contribution is -0.122. The van der Waals surface area contributed by atoms with Gasteiger partial charge in [0.05, 0.1) is 12.3 Å². The lowest BCUT2D eigenvalue weighted by atomic mass is 10.1. The van der Waals surface area contributed by atoms with E-state index < -0.39 is 0 Å². The second kappa shape index (κ2) is 9.82. The van der Waals surface area contributed by atoms with E-state index in [1.807, 2.05) is 31.2 Å². The number of benzene rings is 2. The number of hydrogen-bond acceptors (Lipinski definition) is 4. The highest BCUT2D eigenvalue weighted by atomic mass is 35.5. The van der Waals surface area contributed by atoms with E-state index in [0.717, 1.165) is 44.0 Å². The molecule has 28 heavy (non-hydrogen) atoms. The van der Waals surface area contributed by atoms with E-state index in [1.54, 1.807) is 0 Å². The lowest BCUT2D eigenvalue weighted by Crippen LogP contribution is -2.48. The first-order valence-electron chi connectivity index (χ1n) is 9.59. The number of nitrogens with one attached hydrogen (secondary N) is 1. The Balaban J connectivity index is 1.41. The van der Waals surface area contributed by atoms with Crippen molar-refractivity contribution in [3.8, 4) is 0 Å². The van der Waals surface area contributed by atoms with Crippen molar-refractivity contribution in [2.24, 2.45) is 5.10 Å². The van der Waals surface area contributed by atoms with E-state index in [1.165, 1.54) is 11.1 Å². The van der Waals surface area contributed by atoms with Crippen molar-refractivity contribution >= 4 is 23.2 Å². The standard InChI is InChI=1S/C22H27ClN4O/c1-17-3-5-19(6-4-17)15-26-11-13-27(14-12-26)16-22(28)25-24-18(2)20-7-9-21(23)10-8-20/h3-10H,11-16H2,1-2H3,(H,25,28)/b24-18-. The van der Waals surface area contributed by atoms with Gasteiger partial charge in [-0.1, -0.05) is 53.6 Å². The summed E-state index contributed by atoms with van der Waals surface area (Å²) in [6, 6.07) is 16.1. The number of hydrazone groups is 1. The minimum atomic E-state index is -0.0831. The van der Waals surface area contributed by atoms with E-state index >= 15 is 0 Å². The molecule has 5 nitrogen and oxygen atoms in total. The van der Waals surface area contributed by atoms with Crippen LogP contribution in [0, 0.1) is 6.92 Å². The van der Waals surface area contributed by atoms with Crippen molar-refractivity contribution in [1.29, 1.82) is 0 Å². The zero-order valence-electron chi connectivity index (χ0n) is 16.5. The molecule has 3 rings (SSSR count). The Labute approximate surface area is 172 Å². The molecule has 1 fully saturated rings. The van der Waals surface area contributed by atoms with Crippen LogP contribution < -0.4 is 5.43 Å². The number of hydrogen-bond donors (Lipinski definition) is 1. The summed E-state index contributed by atoms with van der Waals surface area (Å²) in [6.45, 7) is 9.02. The Morgan fingerprint density at radius 3 is 2.25 bits per heavy atom. The number of amides is 1. The molecule has 0 atom stereocenters. The first-order chi connectivity index (χ1) is 13.5. The van der Waals surface area contributed by atoms with Gasteiger partial charge in [0.15, 0.2) is 0 Å². The third-order valence-corrected chi connectivity index (χ3v) is 5.22. The average Bonchev–Trinajstić information content (AvgIpc) is 2.70. The highest BCUT2D eigenvalue weighted by Gasteiger charge is 2.19. The molecule has 2 aromatic carbocycles. The molecule has 0 spiro atoms. The lowest BCUT2D eigenvalue weighted by Gasteiger charge is -2.34. The highest BCUT2D eigenvalue weighted by molar-refractivity contribution is 6.30. The van der Waals surface area contributed by atoms with Crippen LogP contribution in [0.1, 0.15) is 23.6 Å². The number of piperazine rings is 1. The van der Waals surface area contributed by atoms with Gasteiger partial charge >= 0.3 is 0 Å². The van der Waals surface area contributed by atoms with E-state index in [4.69, 9.17) is 11.6 Å². The number of aryl methyl sites for hydroxylation is 1. The first-order valence-corrected chi connectivity index (χ1v) is 9.97. The molecular weight excluding hydrogens is 372 g/mol. The van der Waals surface area contributed by atoms with Gasteiger partial charge in [-0.3, -0.25) is 14.6 Å². The van der Waals surface area contributed by atoms with Gasteiger partial charge in [0.1, 0.15) is 0 Å². The maximum atomic E-state index is 12.2. The zero-order valence-corrected chi connectivity index (χ0v) is 17.2. The highest BCUT2D eigenvalue weighted by Crippen LogP contribution is 2.11. The molecule has 1 aliphatic rings. The van der Waals surface area contributed by atoms with Crippen molar-refractivity contribution in [1.82, 2.24) is 15.2 Å². The van der Waals surface area contributed by atoms with Gasteiger partial charge in [-0.05, 0) is 37.1 Å². The van der Waals surface area contributed by atoms with Gasteiger partial charge in [-0.2, -0.15) is 5.10 Å². The molecule has 0 radical (unpaired) electrons. The topological polar surface area (TPSA) is 47.9 Å². The summed E-state index contributed by atoms with van der Waals surface area (Å²) in [5.74, 6) is -0.0831. The Kier molecular flexibility index (Phi) is 7.20. The van der Waals surface area contributed by atoms with Crippen LogP contribution in [0.4, 0.5) is 0 Å². The largest absolute Gasteiger partial charge is 0.297 e. The van der Waals surface area contributed by atoms with Gasteiger partial charge in [0.2, 0.25) is 0 Å². The van der Waals surface area contributed by atoms with Crippen LogP contribution >= 0.6 is 11.6 Å². The van der Waals surface area contributed by atoms with Gasteiger partial charge in [0.25, 0.3) is 5.91 Å². The molecule has 1 saturated heterocycles. The predicted octanol–water partition coefficient (Wildman–Crippen LogP) is 3.31. The predicted molar refractivity (Wildman–Crippen MR) is 115 cm³/mol. The van der Waals surface area contributed by atoms with Crippen LogP contribution in [0.25, 0.3) is 0 Å². The fraction of sp³-hybridized carbons (Fsp3) is 0.364. The van der Waals surface area contributed by atoms with Crippen LogP contribution in [0.15, 0.2) is 53.6 Å². The summed E-state index contributed by atoms with van der Waals surface area (Å²) >= 11 is 5.90. The Bertz CT molecular complexity index is 809. The molecular formula is C22H27ClN4O. The van der Waals surface area contributed by atoms with Gasteiger partial charge in [-0.15, -0.1) is 0 Å². The normalized spacial score (nSPS) is 16.2. The van der Waals surface area contributed by atoms with E-state index in [2.05, 4.69) is 51.5 Å². The number of halogens is 1. The van der Waals surface area contributed by atoms with Gasteiger partial charge in [0, 0.05) is 37.7 Å². The number of carbonyl (C=O) groups excluding carboxylic acids is 1. The number of carbonyl (C=O) groups is 1. The van der Waals surface area contributed by atoms with Gasteiger partial charge < -0.3 is 0 Å². The molecule has 2 aromatic rings. The van der Waals surface area contributed by atoms with Crippen LogP contribution in [0.3, 0.4) is 0 Å². The fourth-order valence-electron chi connectivity index (χ4n) is 3.20. The first kappa shape index (κ1) is 20.5. The maximum absolute atomic E-state index is 12.2. The second-order valence-electron chi connectivity index (χ2n) is 7.28. The Morgan fingerprint density at radius 2 is 1.61 bits per heavy atom. The molecule has 1 N–H and O–H groups in total. The summed E-state index contributed by atoms with van der Waals surface area (Å²) in [5.41, 5.74) is 6.98. The van der Waals surface area contributed by atoms with Crippen molar-refractivity contribution in [3.05, 3.63) is 70.2 Å². The Hall–Kier alpha value is -2.21. The quantitative estimate of drug-likeness (QED) is 0.600. The minimum Gasteiger partial charge on any atom is -0.297 e. The number of nitrogens with zero attached hydrogens (tertiary/aromatic N) is 3. The van der Waals surface area contributed by atoms with Gasteiger partial charge in [-0.25, -0.2) is 5.43 Å². The molecule has 1 amide bonds. The molecule has 148 valence electrons. The summed E-state index contributed by atoms with van der Waals surface area (Å²) < 4.78 is 0. The van der Waals surface area contributed by atoms with Crippen molar-refractivity contribution < 1.29 is 4.79 Å². The van der Waals surface area contributed by atoms with Crippen LogP contribution in [-0.2, 0) is 11.3 Å². The van der Waals surface area contributed by atoms with E-state index in [-0.39, 0.29) is 5.91 Å². The summed E-state index contributed by atoms with van der Waals surface area (Å²) in [7, 11) is 0. The summed E-state index contributed by atoms with van der Waals surface area (Å²) in [6.07, 6.45) is 0. The Morgan fingerprint density at radius 1 is 1.00 bits per heavy atom.